The Morgan fingerprint density at radius 1 is 1.39 bits per heavy atom. The van der Waals surface area contributed by atoms with Gasteiger partial charge in [-0.3, -0.25) is 4.79 Å². The quantitative estimate of drug-likeness (QED) is 0.913. The van der Waals surface area contributed by atoms with Crippen LogP contribution in [0, 0.1) is 5.92 Å². The van der Waals surface area contributed by atoms with Crippen LogP contribution in [-0.4, -0.2) is 41.1 Å². The van der Waals surface area contributed by atoms with Gasteiger partial charge in [-0.15, -0.1) is 10.2 Å². The standard InChI is InChI=1S/C12H20N4OS/c1-8-6-4-5-7-9(8)16(3)11(17)10-14-15-12(13-2)18-10/h8-9H,4-7H2,1-3H3,(H,13,15). The van der Waals surface area contributed by atoms with E-state index in [2.05, 4.69) is 22.4 Å². The van der Waals surface area contributed by atoms with Gasteiger partial charge in [0, 0.05) is 20.1 Å². The number of hydrogen-bond donors (Lipinski definition) is 1. The summed E-state index contributed by atoms with van der Waals surface area (Å²) < 4.78 is 0. The van der Waals surface area contributed by atoms with Crippen molar-refractivity contribution in [2.24, 2.45) is 5.92 Å². The van der Waals surface area contributed by atoms with Gasteiger partial charge in [0.15, 0.2) is 0 Å². The zero-order chi connectivity index (χ0) is 13.1. The fourth-order valence-electron chi connectivity index (χ4n) is 2.58. The average molecular weight is 268 g/mol. The number of carbonyl (C=O) groups is 1. The number of carbonyl (C=O) groups excluding carboxylic acids is 1. The van der Waals surface area contributed by atoms with Crippen LogP contribution in [0.1, 0.15) is 42.4 Å². The van der Waals surface area contributed by atoms with E-state index < -0.39 is 0 Å². The Hall–Kier alpha value is -1.17. The number of nitrogens with zero attached hydrogens (tertiary/aromatic N) is 3. The maximum Gasteiger partial charge on any atom is 0.284 e. The van der Waals surface area contributed by atoms with Crippen molar-refractivity contribution in [1.29, 1.82) is 0 Å². The molecule has 5 nitrogen and oxygen atoms in total. The molecule has 1 aliphatic carbocycles. The first kappa shape index (κ1) is 13.3. The van der Waals surface area contributed by atoms with Gasteiger partial charge in [0.2, 0.25) is 10.1 Å². The van der Waals surface area contributed by atoms with Crippen LogP contribution in [0.4, 0.5) is 5.13 Å². The lowest BCUT2D eigenvalue weighted by Gasteiger charge is -2.35. The molecule has 1 aromatic heterocycles. The average Bonchev–Trinajstić information content (AvgIpc) is 2.86. The molecule has 1 N–H and O–H groups in total. The zero-order valence-corrected chi connectivity index (χ0v) is 12.0. The molecular formula is C12H20N4OS. The van der Waals surface area contributed by atoms with Crippen LogP contribution in [0.2, 0.25) is 0 Å². The summed E-state index contributed by atoms with van der Waals surface area (Å²) in [5.41, 5.74) is 0. The molecule has 1 saturated carbocycles. The molecule has 18 heavy (non-hydrogen) atoms. The second-order valence-corrected chi connectivity index (χ2v) is 5.89. The van der Waals surface area contributed by atoms with Crippen molar-refractivity contribution < 1.29 is 4.79 Å². The van der Waals surface area contributed by atoms with E-state index in [4.69, 9.17) is 0 Å². The first-order chi connectivity index (χ1) is 8.63. The third kappa shape index (κ3) is 2.63. The van der Waals surface area contributed by atoms with E-state index in [-0.39, 0.29) is 5.91 Å². The molecular weight excluding hydrogens is 248 g/mol. The fourth-order valence-corrected chi connectivity index (χ4v) is 3.26. The van der Waals surface area contributed by atoms with Crippen LogP contribution >= 0.6 is 11.3 Å². The predicted octanol–water partition coefficient (Wildman–Crippen LogP) is 2.23. The number of aromatic nitrogens is 2. The van der Waals surface area contributed by atoms with Crippen molar-refractivity contribution in [3.63, 3.8) is 0 Å². The van der Waals surface area contributed by atoms with Gasteiger partial charge in [-0.05, 0) is 18.8 Å². The van der Waals surface area contributed by atoms with Crippen molar-refractivity contribution >= 4 is 22.4 Å². The maximum atomic E-state index is 12.3. The monoisotopic (exact) mass is 268 g/mol. The van der Waals surface area contributed by atoms with E-state index in [9.17, 15) is 4.79 Å². The smallest absolute Gasteiger partial charge is 0.284 e. The minimum atomic E-state index is -0.00671. The predicted molar refractivity (Wildman–Crippen MR) is 73.0 cm³/mol. The molecule has 1 heterocycles. The topological polar surface area (TPSA) is 58.1 Å². The Bertz CT molecular complexity index is 420. The Labute approximate surface area is 112 Å². The minimum Gasteiger partial charge on any atom is -0.363 e. The van der Waals surface area contributed by atoms with Crippen LogP contribution in [0.15, 0.2) is 0 Å². The summed E-state index contributed by atoms with van der Waals surface area (Å²) in [6, 6.07) is 0.341. The molecule has 0 bridgehead atoms. The molecule has 2 unspecified atom stereocenters. The Morgan fingerprint density at radius 3 is 2.72 bits per heavy atom. The number of rotatable bonds is 3. The molecule has 1 amide bonds. The second kappa shape index (κ2) is 5.65. The first-order valence-electron chi connectivity index (χ1n) is 6.42. The maximum absolute atomic E-state index is 12.3. The molecule has 0 radical (unpaired) electrons. The van der Waals surface area contributed by atoms with Gasteiger partial charge in [0.25, 0.3) is 5.91 Å². The van der Waals surface area contributed by atoms with Crippen LogP contribution in [0.5, 0.6) is 0 Å². The van der Waals surface area contributed by atoms with E-state index in [1.165, 1.54) is 30.6 Å². The van der Waals surface area contributed by atoms with E-state index in [1.54, 1.807) is 7.05 Å². The van der Waals surface area contributed by atoms with E-state index in [1.807, 2.05) is 11.9 Å². The summed E-state index contributed by atoms with van der Waals surface area (Å²) in [5, 5.41) is 11.9. The molecule has 100 valence electrons. The van der Waals surface area contributed by atoms with Crippen molar-refractivity contribution in [2.75, 3.05) is 19.4 Å². The number of amides is 1. The highest BCUT2D eigenvalue weighted by Gasteiger charge is 2.29. The highest BCUT2D eigenvalue weighted by atomic mass is 32.1. The van der Waals surface area contributed by atoms with Gasteiger partial charge in [-0.2, -0.15) is 0 Å². The molecule has 0 spiro atoms. The minimum absolute atomic E-state index is 0.00671. The van der Waals surface area contributed by atoms with Gasteiger partial charge in [-0.25, -0.2) is 0 Å². The Kier molecular flexibility index (Phi) is 4.16. The normalized spacial score (nSPS) is 23.7. The molecule has 2 atom stereocenters. The molecule has 1 aliphatic rings. The van der Waals surface area contributed by atoms with Gasteiger partial charge in [0.1, 0.15) is 0 Å². The third-order valence-electron chi connectivity index (χ3n) is 3.71. The second-order valence-electron chi connectivity index (χ2n) is 4.91. The van der Waals surface area contributed by atoms with Crippen LogP contribution in [0.25, 0.3) is 0 Å². The van der Waals surface area contributed by atoms with Crippen LogP contribution in [-0.2, 0) is 0 Å². The fraction of sp³-hybridized carbons (Fsp3) is 0.750. The molecule has 2 rings (SSSR count). The molecule has 0 saturated heterocycles. The van der Waals surface area contributed by atoms with Gasteiger partial charge in [-0.1, -0.05) is 31.1 Å². The van der Waals surface area contributed by atoms with Crippen molar-refractivity contribution in [3.05, 3.63) is 5.01 Å². The van der Waals surface area contributed by atoms with Gasteiger partial charge < -0.3 is 10.2 Å². The molecule has 1 aromatic rings. The highest BCUT2D eigenvalue weighted by molar-refractivity contribution is 7.17. The summed E-state index contributed by atoms with van der Waals surface area (Å²) in [4.78, 5) is 14.2. The largest absolute Gasteiger partial charge is 0.363 e. The number of hydrogen-bond acceptors (Lipinski definition) is 5. The highest BCUT2D eigenvalue weighted by Crippen LogP contribution is 2.28. The summed E-state index contributed by atoms with van der Waals surface area (Å²) in [6.45, 7) is 2.23. The number of anilines is 1. The molecule has 0 aromatic carbocycles. The first-order valence-corrected chi connectivity index (χ1v) is 7.23. The van der Waals surface area contributed by atoms with Gasteiger partial charge in [0.05, 0.1) is 0 Å². The van der Waals surface area contributed by atoms with E-state index >= 15 is 0 Å². The summed E-state index contributed by atoms with van der Waals surface area (Å²) in [5.74, 6) is 0.567. The summed E-state index contributed by atoms with van der Waals surface area (Å²) in [7, 11) is 3.66. The zero-order valence-electron chi connectivity index (χ0n) is 11.1. The molecule has 6 heteroatoms. The molecule has 0 aliphatic heterocycles. The van der Waals surface area contributed by atoms with Crippen LogP contribution in [0.3, 0.4) is 0 Å². The van der Waals surface area contributed by atoms with Crippen molar-refractivity contribution in [1.82, 2.24) is 15.1 Å². The van der Waals surface area contributed by atoms with Crippen molar-refractivity contribution in [3.8, 4) is 0 Å². The lowest BCUT2D eigenvalue weighted by atomic mass is 9.85. The SMILES string of the molecule is CNc1nnc(C(=O)N(C)C2CCCCC2C)s1. The van der Waals surface area contributed by atoms with E-state index in [0.717, 1.165) is 6.42 Å². The van der Waals surface area contributed by atoms with Crippen molar-refractivity contribution in [2.45, 2.75) is 38.6 Å². The molecule has 1 fully saturated rings. The lowest BCUT2D eigenvalue weighted by Crippen LogP contribution is -2.42. The van der Waals surface area contributed by atoms with Gasteiger partial charge >= 0.3 is 0 Å². The summed E-state index contributed by atoms with van der Waals surface area (Å²) >= 11 is 1.31. The third-order valence-corrected chi connectivity index (χ3v) is 4.63. The Morgan fingerprint density at radius 2 is 2.11 bits per heavy atom. The Balaban J connectivity index is 2.07. The number of nitrogens with one attached hydrogen (secondary N) is 1. The lowest BCUT2D eigenvalue weighted by molar-refractivity contribution is 0.0628. The van der Waals surface area contributed by atoms with E-state index in [0.29, 0.717) is 22.1 Å². The summed E-state index contributed by atoms with van der Waals surface area (Å²) in [6.07, 6.45) is 4.80. The van der Waals surface area contributed by atoms with Crippen LogP contribution < -0.4 is 5.32 Å².